The molecule has 2 N–H and O–H groups in total. The highest BCUT2D eigenvalue weighted by Crippen LogP contribution is 2.40. The van der Waals surface area contributed by atoms with Crippen LogP contribution in [0.4, 0.5) is 0 Å². The first-order valence-electron chi connectivity index (χ1n) is 10.4. The highest BCUT2D eigenvalue weighted by atomic mass is 35.5. The first-order valence-corrected chi connectivity index (χ1v) is 12.9. The van der Waals surface area contributed by atoms with Gasteiger partial charge in [0.25, 0.3) is 5.91 Å². The molecule has 6 nitrogen and oxygen atoms in total. The second-order valence-corrected chi connectivity index (χ2v) is 10.2. The van der Waals surface area contributed by atoms with Crippen LogP contribution in [0.15, 0.2) is 65.1 Å². The van der Waals surface area contributed by atoms with E-state index in [1.807, 2.05) is 12.1 Å². The number of aliphatic imine (C=N–C) groups is 1. The van der Waals surface area contributed by atoms with Crippen molar-refractivity contribution in [3.05, 3.63) is 91.2 Å². The summed E-state index contributed by atoms with van der Waals surface area (Å²) in [5, 5.41) is 16.1. The number of thiophene rings is 2. The molecule has 0 saturated carbocycles. The van der Waals surface area contributed by atoms with Crippen LogP contribution >= 0.6 is 45.9 Å². The number of carbonyl (C=O) groups is 2. The summed E-state index contributed by atoms with van der Waals surface area (Å²) < 4.78 is 0. The zero-order chi connectivity index (χ0) is 24.9. The lowest BCUT2D eigenvalue weighted by Gasteiger charge is -2.03. The Balaban J connectivity index is 1.40. The van der Waals surface area contributed by atoms with E-state index in [2.05, 4.69) is 15.3 Å². The third kappa shape index (κ3) is 5.97. The molecule has 0 fully saturated rings. The number of halogens is 2. The molecule has 0 atom stereocenters. The average molecular weight is 544 g/mol. The SMILES string of the molecule is CC(=NCC(=O)c1ccc(C(=O)NCc2ccccn2)s1)c1csc(-c2ccc(Cl)c(Cl)c2)c1O. The number of aromatic nitrogens is 1. The zero-order valence-electron chi connectivity index (χ0n) is 18.4. The molecule has 4 aromatic rings. The highest BCUT2D eigenvalue weighted by Gasteiger charge is 2.17. The van der Waals surface area contributed by atoms with E-state index in [0.717, 1.165) is 22.6 Å². The first-order chi connectivity index (χ1) is 16.8. The van der Waals surface area contributed by atoms with Crippen molar-refractivity contribution in [1.82, 2.24) is 10.3 Å². The van der Waals surface area contributed by atoms with E-state index < -0.39 is 0 Å². The van der Waals surface area contributed by atoms with Crippen LogP contribution in [0.25, 0.3) is 10.4 Å². The second-order valence-electron chi connectivity index (χ2n) is 7.45. The molecule has 1 amide bonds. The van der Waals surface area contributed by atoms with Gasteiger partial charge in [0, 0.05) is 22.9 Å². The van der Waals surface area contributed by atoms with Gasteiger partial charge in [0.2, 0.25) is 0 Å². The predicted octanol–water partition coefficient (Wildman–Crippen LogP) is 6.51. The molecule has 0 unspecified atom stereocenters. The van der Waals surface area contributed by atoms with Gasteiger partial charge in [0.05, 0.1) is 36.9 Å². The quantitative estimate of drug-likeness (QED) is 0.196. The molecule has 0 aliphatic carbocycles. The van der Waals surface area contributed by atoms with Crippen LogP contribution in [-0.4, -0.2) is 34.0 Å². The molecule has 3 aromatic heterocycles. The molecule has 0 bridgehead atoms. The molecule has 0 aliphatic rings. The summed E-state index contributed by atoms with van der Waals surface area (Å²) in [6, 6.07) is 13.9. The lowest BCUT2D eigenvalue weighted by atomic mass is 10.1. The van der Waals surface area contributed by atoms with Crippen molar-refractivity contribution in [3.8, 4) is 16.2 Å². The van der Waals surface area contributed by atoms with Gasteiger partial charge < -0.3 is 10.4 Å². The molecular weight excluding hydrogens is 525 g/mol. The van der Waals surface area contributed by atoms with E-state index in [-0.39, 0.29) is 24.0 Å². The van der Waals surface area contributed by atoms with Crippen LogP contribution in [0.2, 0.25) is 10.0 Å². The van der Waals surface area contributed by atoms with Crippen molar-refractivity contribution in [2.24, 2.45) is 4.99 Å². The fourth-order valence-corrected chi connectivity index (χ4v) is 5.33. The topological polar surface area (TPSA) is 91.7 Å². The monoisotopic (exact) mass is 543 g/mol. The van der Waals surface area contributed by atoms with Gasteiger partial charge >= 0.3 is 0 Å². The number of benzene rings is 1. The number of amides is 1. The lowest BCUT2D eigenvalue weighted by molar-refractivity contribution is 0.0953. The molecule has 0 saturated heterocycles. The summed E-state index contributed by atoms with van der Waals surface area (Å²) in [6.07, 6.45) is 1.66. The smallest absolute Gasteiger partial charge is 0.261 e. The molecule has 1 aromatic carbocycles. The van der Waals surface area contributed by atoms with Crippen LogP contribution in [0.5, 0.6) is 5.75 Å². The summed E-state index contributed by atoms with van der Waals surface area (Å²) in [7, 11) is 0. The molecule has 0 radical (unpaired) electrons. The van der Waals surface area contributed by atoms with E-state index >= 15 is 0 Å². The van der Waals surface area contributed by atoms with Gasteiger partial charge in [-0.1, -0.05) is 35.3 Å². The van der Waals surface area contributed by atoms with Crippen LogP contribution < -0.4 is 5.32 Å². The van der Waals surface area contributed by atoms with Crippen molar-refractivity contribution in [2.75, 3.05) is 6.54 Å². The molecular formula is C25H19Cl2N3O3S2. The number of aromatic hydroxyl groups is 1. The first kappa shape index (κ1) is 25.1. The fraction of sp³-hybridized carbons (Fsp3) is 0.120. The molecule has 35 heavy (non-hydrogen) atoms. The van der Waals surface area contributed by atoms with E-state index in [9.17, 15) is 14.7 Å². The molecule has 0 spiro atoms. The molecule has 10 heteroatoms. The average Bonchev–Trinajstić information content (AvgIpc) is 3.51. The number of ketones is 1. The molecule has 4 rings (SSSR count). The van der Waals surface area contributed by atoms with Crippen molar-refractivity contribution in [3.63, 3.8) is 0 Å². The Kier molecular flexibility index (Phi) is 7.97. The van der Waals surface area contributed by atoms with E-state index in [0.29, 0.717) is 42.5 Å². The zero-order valence-corrected chi connectivity index (χ0v) is 21.6. The Morgan fingerprint density at radius 3 is 2.63 bits per heavy atom. The summed E-state index contributed by atoms with van der Waals surface area (Å²) in [5.74, 6) is -0.403. The number of pyridine rings is 1. The summed E-state index contributed by atoms with van der Waals surface area (Å²) in [5.41, 5.74) is 2.56. The summed E-state index contributed by atoms with van der Waals surface area (Å²) >= 11 is 14.5. The minimum atomic E-state index is -0.266. The maximum absolute atomic E-state index is 12.7. The molecule has 178 valence electrons. The van der Waals surface area contributed by atoms with Gasteiger partial charge in [-0.2, -0.15) is 0 Å². The number of nitrogens with one attached hydrogen (secondary N) is 1. The summed E-state index contributed by atoms with van der Waals surface area (Å²) in [4.78, 5) is 35.1. The minimum absolute atomic E-state index is 0.0741. The van der Waals surface area contributed by atoms with Gasteiger partial charge in [0.15, 0.2) is 5.78 Å². The Morgan fingerprint density at radius 2 is 1.89 bits per heavy atom. The number of nitrogens with zero attached hydrogens (tertiary/aromatic N) is 2. The van der Waals surface area contributed by atoms with Crippen molar-refractivity contribution < 1.29 is 14.7 Å². The van der Waals surface area contributed by atoms with Crippen molar-refractivity contribution in [1.29, 1.82) is 0 Å². The van der Waals surface area contributed by atoms with E-state index in [4.69, 9.17) is 23.2 Å². The van der Waals surface area contributed by atoms with Crippen LogP contribution in [-0.2, 0) is 6.54 Å². The third-order valence-electron chi connectivity index (χ3n) is 5.06. The fourth-order valence-electron chi connectivity index (χ4n) is 3.17. The van der Waals surface area contributed by atoms with Crippen molar-refractivity contribution in [2.45, 2.75) is 13.5 Å². The van der Waals surface area contributed by atoms with Gasteiger partial charge in [0.1, 0.15) is 12.3 Å². The molecule has 0 aliphatic heterocycles. The maximum atomic E-state index is 12.7. The van der Waals surface area contributed by atoms with Crippen LogP contribution in [0.1, 0.15) is 37.5 Å². The van der Waals surface area contributed by atoms with E-state index in [1.54, 1.807) is 54.9 Å². The van der Waals surface area contributed by atoms with E-state index in [1.165, 1.54) is 11.3 Å². The van der Waals surface area contributed by atoms with Gasteiger partial charge in [-0.3, -0.25) is 19.6 Å². The second kappa shape index (κ2) is 11.1. The number of hydrogen-bond acceptors (Lipinski definition) is 7. The maximum Gasteiger partial charge on any atom is 0.261 e. The largest absolute Gasteiger partial charge is 0.506 e. The van der Waals surface area contributed by atoms with Crippen LogP contribution in [0.3, 0.4) is 0 Å². The van der Waals surface area contributed by atoms with Crippen LogP contribution in [0, 0.1) is 0 Å². The Labute approximate surface area is 219 Å². The predicted molar refractivity (Wildman–Crippen MR) is 143 cm³/mol. The van der Waals surface area contributed by atoms with Crippen molar-refractivity contribution >= 4 is 63.3 Å². The lowest BCUT2D eigenvalue weighted by Crippen LogP contribution is -2.22. The Morgan fingerprint density at radius 1 is 1.09 bits per heavy atom. The normalized spacial score (nSPS) is 11.5. The van der Waals surface area contributed by atoms with Gasteiger partial charge in [-0.25, -0.2) is 0 Å². The van der Waals surface area contributed by atoms with Gasteiger partial charge in [-0.15, -0.1) is 22.7 Å². The third-order valence-corrected chi connectivity index (χ3v) is 7.94. The Hall–Kier alpha value is -3.04. The Bertz CT molecular complexity index is 1410. The number of hydrogen-bond donors (Lipinski definition) is 2. The molecule has 3 heterocycles. The summed E-state index contributed by atoms with van der Waals surface area (Å²) in [6.45, 7) is 1.94. The minimum Gasteiger partial charge on any atom is -0.506 e. The number of rotatable bonds is 8. The standard InChI is InChI=1S/C25H19Cl2N3O3S2/c1-14(17-13-34-24(23(17)32)15-5-6-18(26)19(27)10-15)29-12-20(31)21-7-8-22(35-21)25(33)30-11-16-4-2-3-9-28-16/h2-10,13,32H,11-12H2,1H3,(H,30,33). The number of carbonyl (C=O) groups excluding carboxylic acids is 2. The van der Waals surface area contributed by atoms with Gasteiger partial charge in [-0.05, 0) is 48.9 Å². The highest BCUT2D eigenvalue weighted by molar-refractivity contribution is 7.16. The number of Topliss-reactive ketones (excluding diaryl/α,β-unsaturated/α-hetero) is 1.